The lowest BCUT2D eigenvalue weighted by atomic mass is 10.3. The number of hydrogen-bond acceptors (Lipinski definition) is 4. The molecule has 1 aromatic carbocycles. The number of carbonyl (C=O) groups is 1. The van der Waals surface area contributed by atoms with Crippen LogP contribution in [0.25, 0.3) is 0 Å². The zero-order chi connectivity index (χ0) is 13.3. The van der Waals surface area contributed by atoms with Crippen LogP contribution in [-0.4, -0.2) is 16.1 Å². The van der Waals surface area contributed by atoms with Crippen LogP contribution in [0.4, 0.5) is 8.78 Å². The van der Waals surface area contributed by atoms with E-state index in [1.54, 1.807) is 0 Å². The molecule has 0 bridgehead atoms. The predicted octanol–water partition coefficient (Wildman–Crippen LogP) is 3.57. The number of halogens is 3. The van der Waals surface area contributed by atoms with E-state index in [-0.39, 0.29) is 21.0 Å². The number of ether oxygens (including phenoxy) is 1. The highest BCUT2D eigenvalue weighted by Gasteiger charge is 2.17. The molecule has 0 saturated carbocycles. The van der Waals surface area contributed by atoms with Gasteiger partial charge in [-0.2, -0.15) is 4.98 Å². The van der Waals surface area contributed by atoms with Gasteiger partial charge in [-0.25, -0.2) is 13.6 Å². The lowest BCUT2D eigenvalue weighted by Gasteiger charge is -2.01. The highest BCUT2D eigenvalue weighted by molar-refractivity contribution is 7.15. The topological polar surface area (TPSA) is 59.4 Å². The molecule has 0 unspecified atom stereocenters. The second kappa shape index (κ2) is 4.87. The Labute approximate surface area is 108 Å². The van der Waals surface area contributed by atoms with E-state index in [1.165, 1.54) is 0 Å². The van der Waals surface area contributed by atoms with Gasteiger partial charge in [0, 0.05) is 18.2 Å². The Morgan fingerprint density at radius 2 is 1.94 bits per heavy atom. The van der Waals surface area contributed by atoms with E-state index in [0.29, 0.717) is 17.4 Å². The molecule has 1 heterocycles. The maximum Gasteiger partial charge on any atom is 0.349 e. The van der Waals surface area contributed by atoms with Gasteiger partial charge in [0.2, 0.25) is 0 Å². The number of aromatic nitrogens is 1. The number of rotatable bonds is 3. The van der Waals surface area contributed by atoms with E-state index in [0.717, 1.165) is 12.1 Å². The number of carboxylic acids is 1. The molecule has 1 aromatic heterocycles. The Morgan fingerprint density at radius 3 is 2.44 bits per heavy atom. The lowest BCUT2D eigenvalue weighted by molar-refractivity contribution is 0.0702. The van der Waals surface area contributed by atoms with E-state index >= 15 is 0 Å². The van der Waals surface area contributed by atoms with Crippen LogP contribution in [0.15, 0.2) is 18.2 Å². The van der Waals surface area contributed by atoms with Crippen molar-refractivity contribution >= 4 is 28.9 Å². The fraction of sp³-hybridized carbons (Fsp3) is 0. The van der Waals surface area contributed by atoms with E-state index in [2.05, 4.69) is 4.98 Å². The van der Waals surface area contributed by atoms with E-state index in [1.807, 2.05) is 0 Å². The monoisotopic (exact) mass is 291 g/mol. The first-order valence-corrected chi connectivity index (χ1v) is 5.68. The smallest absolute Gasteiger partial charge is 0.349 e. The molecular formula is C10H4ClF2NO3S. The Balaban J connectivity index is 2.28. The van der Waals surface area contributed by atoms with Crippen molar-refractivity contribution in [3.05, 3.63) is 39.9 Å². The standard InChI is InChI=1S/C10H4ClF2NO3S/c11-8-7(9(15)16)18-10(14-8)17-6-2-4(12)1-5(13)3-6/h1-3H,(H,15,16). The molecule has 4 nitrogen and oxygen atoms in total. The molecule has 0 spiro atoms. The van der Waals surface area contributed by atoms with Crippen LogP contribution in [0.2, 0.25) is 5.15 Å². The second-order valence-electron chi connectivity index (χ2n) is 3.11. The van der Waals surface area contributed by atoms with Crippen molar-refractivity contribution in [1.29, 1.82) is 0 Å². The summed E-state index contributed by atoms with van der Waals surface area (Å²) in [5.41, 5.74) is 0. The van der Waals surface area contributed by atoms with Crippen LogP contribution in [0, 0.1) is 11.6 Å². The molecule has 8 heteroatoms. The molecular weight excluding hydrogens is 288 g/mol. The highest BCUT2D eigenvalue weighted by Crippen LogP contribution is 2.32. The van der Waals surface area contributed by atoms with Crippen LogP contribution in [0.5, 0.6) is 10.9 Å². The average Bonchev–Trinajstić information content (AvgIpc) is 2.57. The summed E-state index contributed by atoms with van der Waals surface area (Å²) in [6.07, 6.45) is 0. The molecule has 0 saturated heterocycles. The fourth-order valence-corrected chi connectivity index (χ4v) is 2.14. The molecule has 0 aliphatic heterocycles. The minimum Gasteiger partial charge on any atom is -0.477 e. The minimum absolute atomic E-state index is 0.109. The summed E-state index contributed by atoms with van der Waals surface area (Å²) in [5, 5.41) is 8.40. The van der Waals surface area contributed by atoms with Gasteiger partial charge in [0.25, 0.3) is 5.19 Å². The molecule has 0 amide bonds. The first-order valence-electron chi connectivity index (χ1n) is 4.49. The van der Waals surface area contributed by atoms with Crippen molar-refractivity contribution in [2.75, 3.05) is 0 Å². The maximum absolute atomic E-state index is 12.9. The molecule has 0 fully saturated rings. The van der Waals surface area contributed by atoms with Gasteiger partial charge in [-0.15, -0.1) is 0 Å². The van der Waals surface area contributed by atoms with Crippen molar-refractivity contribution in [3.8, 4) is 10.9 Å². The number of nitrogens with zero attached hydrogens (tertiary/aromatic N) is 1. The fourth-order valence-electron chi connectivity index (χ4n) is 1.15. The maximum atomic E-state index is 12.9. The minimum atomic E-state index is -1.25. The van der Waals surface area contributed by atoms with Crippen LogP contribution in [0.3, 0.4) is 0 Å². The van der Waals surface area contributed by atoms with Crippen molar-refractivity contribution in [3.63, 3.8) is 0 Å². The van der Waals surface area contributed by atoms with Gasteiger partial charge in [-0.1, -0.05) is 22.9 Å². The number of carboxylic acid groups (broad SMARTS) is 1. The number of aromatic carboxylic acids is 1. The largest absolute Gasteiger partial charge is 0.477 e. The summed E-state index contributed by atoms with van der Waals surface area (Å²) >= 11 is 6.22. The van der Waals surface area contributed by atoms with Gasteiger partial charge in [-0.3, -0.25) is 0 Å². The van der Waals surface area contributed by atoms with Crippen molar-refractivity contribution in [2.45, 2.75) is 0 Å². The van der Waals surface area contributed by atoms with Gasteiger partial charge in [-0.05, 0) is 0 Å². The zero-order valence-corrected chi connectivity index (χ0v) is 10.1. The number of benzene rings is 1. The van der Waals surface area contributed by atoms with Gasteiger partial charge in [0.15, 0.2) is 10.0 Å². The summed E-state index contributed by atoms with van der Waals surface area (Å²) in [6.45, 7) is 0. The molecule has 2 rings (SSSR count). The SMILES string of the molecule is O=C(O)c1sc(Oc2cc(F)cc(F)c2)nc1Cl. The molecule has 18 heavy (non-hydrogen) atoms. The molecule has 0 radical (unpaired) electrons. The van der Waals surface area contributed by atoms with Crippen molar-refractivity contribution in [1.82, 2.24) is 4.98 Å². The molecule has 0 atom stereocenters. The van der Waals surface area contributed by atoms with Crippen LogP contribution in [0.1, 0.15) is 9.67 Å². The van der Waals surface area contributed by atoms with Crippen LogP contribution >= 0.6 is 22.9 Å². The second-order valence-corrected chi connectivity index (χ2v) is 4.43. The van der Waals surface area contributed by atoms with E-state index in [9.17, 15) is 13.6 Å². The predicted molar refractivity (Wildman–Crippen MR) is 60.5 cm³/mol. The van der Waals surface area contributed by atoms with Gasteiger partial charge in [0.05, 0.1) is 0 Å². The summed E-state index contributed by atoms with van der Waals surface area (Å²) in [5.74, 6) is -3.01. The Morgan fingerprint density at radius 1 is 1.33 bits per heavy atom. The lowest BCUT2D eigenvalue weighted by Crippen LogP contribution is -1.91. The first kappa shape index (κ1) is 12.7. The summed E-state index contributed by atoms with van der Waals surface area (Å²) in [6, 6.07) is 2.57. The van der Waals surface area contributed by atoms with E-state index in [4.69, 9.17) is 21.4 Å². The molecule has 0 aliphatic carbocycles. The summed E-state index contributed by atoms with van der Waals surface area (Å²) in [4.78, 5) is 14.1. The zero-order valence-electron chi connectivity index (χ0n) is 8.49. The average molecular weight is 292 g/mol. The summed E-state index contributed by atoms with van der Waals surface area (Å²) < 4.78 is 30.8. The molecule has 94 valence electrons. The number of thiazole rings is 1. The first-order chi connectivity index (χ1) is 8.45. The van der Waals surface area contributed by atoms with E-state index < -0.39 is 17.6 Å². The summed E-state index contributed by atoms with van der Waals surface area (Å²) in [7, 11) is 0. The quantitative estimate of drug-likeness (QED) is 0.939. The molecule has 0 aliphatic rings. The molecule has 1 N–H and O–H groups in total. The van der Waals surface area contributed by atoms with Crippen LogP contribution in [-0.2, 0) is 0 Å². The van der Waals surface area contributed by atoms with Gasteiger partial charge in [0.1, 0.15) is 17.4 Å². The normalized spacial score (nSPS) is 10.4. The third-order valence-corrected chi connectivity index (χ3v) is 3.11. The number of hydrogen-bond donors (Lipinski definition) is 1. The van der Waals surface area contributed by atoms with Gasteiger partial charge >= 0.3 is 5.97 Å². The highest BCUT2D eigenvalue weighted by atomic mass is 35.5. The van der Waals surface area contributed by atoms with Crippen molar-refractivity contribution in [2.24, 2.45) is 0 Å². The third kappa shape index (κ3) is 2.74. The Bertz CT molecular complexity index is 597. The van der Waals surface area contributed by atoms with Crippen molar-refractivity contribution < 1.29 is 23.4 Å². The Kier molecular flexibility index (Phi) is 3.44. The van der Waals surface area contributed by atoms with Crippen LogP contribution < -0.4 is 4.74 Å². The Hall–Kier alpha value is -1.73. The third-order valence-electron chi connectivity index (χ3n) is 1.80. The van der Waals surface area contributed by atoms with Gasteiger partial charge < -0.3 is 9.84 Å². The molecule has 2 aromatic rings.